The number of rotatable bonds is 3. The van der Waals surface area contributed by atoms with Crippen LogP contribution < -0.4 is 9.86 Å². The van der Waals surface area contributed by atoms with E-state index in [4.69, 9.17) is 0 Å². The van der Waals surface area contributed by atoms with Crippen molar-refractivity contribution in [1.29, 1.82) is 0 Å². The van der Waals surface area contributed by atoms with E-state index in [9.17, 15) is 13.2 Å². The maximum atomic E-state index is 11.2. The molecule has 0 aliphatic carbocycles. The van der Waals surface area contributed by atoms with Crippen LogP contribution in [0.3, 0.4) is 0 Å². The molecule has 0 spiro atoms. The Balaban J connectivity index is 2.33. The van der Waals surface area contributed by atoms with Crippen molar-refractivity contribution in [2.75, 3.05) is 19.6 Å². The molecule has 0 radical (unpaired) electrons. The number of carbonyl (C=O) groups excluding carboxylic acids is 1. The van der Waals surface area contributed by atoms with Crippen LogP contribution >= 0.6 is 0 Å². The summed E-state index contributed by atoms with van der Waals surface area (Å²) >= 11 is 0. The van der Waals surface area contributed by atoms with Gasteiger partial charge in [-0.1, -0.05) is 0 Å². The van der Waals surface area contributed by atoms with Crippen LogP contribution in [0.1, 0.15) is 12.8 Å². The summed E-state index contributed by atoms with van der Waals surface area (Å²) in [4.78, 5) is 12.9. The predicted octanol–water partition coefficient (Wildman–Crippen LogP) is -1.60. The van der Waals surface area contributed by atoms with E-state index in [0.29, 0.717) is 13.1 Å². The van der Waals surface area contributed by atoms with Crippen LogP contribution in [0.15, 0.2) is 0 Å². The highest BCUT2D eigenvalue weighted by Crippen LogP contribution is 2.06. The van der Waals surface area contributed by atoms with Crippen molar-refractivity contribution in [3.05, 3.63) is 0 Å². The van der Waals surface area contributed by atoms with E-state index < -0.39 is 10.2 Å². The fraction of sp³-hybridized carbons (Fsp3) is 0.833. The summed E-state index contributed by atoms with van der Waals surface area (Å²) in [6.07, 6.45) is 1.97. The lowest BCUT2D eigenvalue weighted by Gasteiger charge is -2.14. The summed E-state index contributed by atoms with van der Waals surface area (Å²) in [5.74, 6) is -0.216. The van der Waals surface area contributed by atoms with E-state index in [1.165, 1.54) is 0 Å². The van der Waals surface area contributed by atoms with Gasteiger partial charge < -0.3 is 4.90 Å². The van der Waals surface area contributed by atoms with Crippen LogP contribution in [-0.2, 0) is 15.0 Å². The van der Waals surface area contributed by atoms with Crippen molar-refractivity contribution in [2.24, 2.45) is 5.14 Å². The zero-order valence-corrected chi connectivity index (χ0v) is 8.01. The number of hydrogen-bond acceptors (Lipinski definition) is 3. The zero-order valence-electron chi connectivity index (χ0n) is 7.19. The van der Waals surface area contributed by atoms with Crippen LogP contribution in [0.25, 0.3) is 0 Å². The first kappa shape index (κ1) is 10.4. The first-order valence-corrected chi connectivity index (χ1v) is 5.59. The molecule has 1 aliphatic heterocycles. The van der Waals surface area contributed by atoms with Gasteiger partial charge in [0.25, 0.3) is 10.2 Å². The van der Waals surface area contributed by atoms with Crippen molar-refractivity contribution in [1.82, 2.24) is 9.62 Å². The highest BCUT2D eigenvalue weighted by atomic mass is 32.2. The van der Waals surface area contributed by atoms with Crippen LogP contribution in [0, 0.1) is 0 Å². The topological polar surface area (TPSA) is 92.5 Å². The molecule has 0 saturated carbocycles. The normalized spacial score (nSPS) is 17.8. The molecular weight excluding hydrogens is 194 g/mol. The maximum Gasteiger partial charge on any atom is 0.274 e. The molecule has 0 bridgehead atoms. The Morgan fingerprint density at radius 3 is 2.38 bits per heavy atom. The molecule has 0 aromatic carbocycles. The number of amides is 1. The second kappa shape index (κ2) is 4.03. The smallest absolute Gasteiger partial charge is 0.274 e. The summed E-state index contributed by atoms with van der Waals surface area (Å²) in [5.41, 5.74) is 0. The highest BCUT2D eigenvalue weighted by Gasteiger charge is 2.18. The molecule has 7 heteroatoms. The van der Waals surface area contributed by atoms with Crippen LogP contribution in [0.2, 0.25) is 0 Å². The molecule has 1 rings (SSSR count). The summed E-state index contributed by atoms with van der Waals surface area (Å²) in [6, 6.07) is 0. The lowest BCUT2D eigenvalue weighted by atomic mass is 10.4. The van der Waals surface area contributed by atoms with Crippen LogP contribution in [-0.4, -0.2) is 38.9 Å². The van der Waals surface area contributed by atoms with E-state index in [0.717, 1.165) is 12.8 Å². The Hall–Kier alpha value is -0.660. The number of hydrogen-bond donors (Lipinski definition) is 2. The van der Waals surface area contributed by atoms with Gasteiger partial charge in [-0.3, -0.25) is 4.79 Å². The maximum absolute atomic E-state index is 11.2. The molecule has 6 nitrogen and oxygen atoms in total. The molecule has 1 aliphatic rings. The number of nitrogens with two attached hydrogens (primary N) is 1. The lowest BCUT2D eigenvalue weighted by Crippen LogP contribution is -2.41. The second-order valence-electron chi connectivity index (χ2n) is 2.95. The first-order chi connectivity index (χ1) is 5.99. The molecule has 0 atom stereocenters. The van der Waals surface area contributed by atoms with Gasteiger partial charge in [0.15, 0.2) is 0 Å². The van der Waals surface area contributed by atoms with Gasteiger partial charge in [0.1, 0.15) is 0 Å². The van der Waals surface area contributed by atoms with Gasteiger partial charge in [-0.05, 0) is 12.8 Å². The van der Waals surface area contributed by atoms with Gasteiger partial charge in [0, 0.05) is 13.1 Å². The molecule has 0 aromatic rings. The molecule has 0 unspecified atom stereocenters. The third-order valence-corrected chi connectivity index (χ3v) is 2.43. The standard InChI is InChI=1S/C6H13N3O3S/c7-13(11,12)8-5-6(10)9-3-1-2-4-9/h8H,1-5H2,(H2,7,11,12). The molecule has 3 N–H and O–H groups in total. The van der Waals surface area contributed by atoms with Crippen molar-refractivity contribution in [3.8, 4) is 0 Å². The lowest BCUT2D eigenvalue weighted by molar-refractivity contribution is -0.128. The minimum atomic E-state index is -3.75. The zero-order chi connectivity index (χ0) is 9.90. The van der Waals surface area contributed by atoms with Crippen molar-refractivity contribution >= 4 is 16.1 Å². The second-order valence-corrected chi connectivity index (χ2v) is 4.33. The number of nitrogens with one attached hydrogen (secondary N) is 1. The fourth-order valence-electron chi connectivity index (χ4n) is 1.24. The Morgan fingerprint density at radius 2 is 1.92 bits per heavy atom. The Bertz CT molecular complexity index is 281. The monoisotopic (exact) mass is 207 g/mol. The summed E-state index contributed by atoms with van der Waals surface area (Å²) < 4.78 is 22.9. The summed E-state index contributed by atoms with van der Waals surface area (Å²) in [7, 11) is -3.75. The number of likely N-dealkylation sites (tertiary alicyclic amines) is 1. The Labute approximate surface area is 77.3 Å². The third-order valence-electron chi connectivity index (χ3n) is 1.88. The highest BCUT2D eigenvalue weighted by molar-refractivity contribution is 7.87. The van der Waals surface area contributed by atoms with Gasteiger partial charge in [-0.2, -0.15) is 13.1 Å². The van der Waals surface area contributed by atoms with E-state index >= 15 is 0 Å². The number of carbonyl (C=O) groups is 1. The van der Waals surface area contributed by atoms with Crippen molar-refractivity contribution < 1.29 is 13.2 Å². The minimum Gasteiger partial charge on any atom is -0.342 e. The van der Waals surface area contributed by atoms with E-state index in [-0.39, 0.29) is 12.5 Å². The molecule has 76 valence electrons. The molecule has 0 aromatic heterocycles. The molecule has 1 amide bonds. The predicted molar refractivity (Wildman–Crippen MR) is 46.9 cm³/mol. The first-order valence-electron chi connectivity index (χ1n) is 4.04. The molecule has 13 heavy (non-hydrogen) atoms. The molecule has 1 heterocycles. The molecule has 1 fully saturated rings. The summed E-state index contributed by atoms with van der Waals surface area (Å²) in [6.45, 7) is 1.19. The average molecular weight is 207 g/mol. The van der Waals surface area contributed by atoms with Crippen LogP contribution in [0.4, 0.5) is 0 Å². The van der Waals surface area contributed by atoms with Gasteiger partial charge in [0.05, 0.1) is 6.54 Å². The Kier molecular flexibility index (Phi) is 3.23. The Morgan fingerprint density at radius 1 is 1.38 bits per heavy atom. The molecule has 1 saturated heterocycles. The quantitative estimate of drug-likeness (QED) is 0.584. The van der Waals surface area contributed by atoms with E-state index in [2.05, 4.69) is 5.14 Å². The summed E-state index contributed by atoms with van der Waals surface area (Å²) in [5, 5.41) is 4.67. The number of nitrogens with zero attached hydrogens (tertiary/aromatic N) is 1. The average Bonchev–Trinajstić information content (AvgIpc) is 2.50. The van der Waals surface area contributed by atoms with Crippen LogP contribution in [0.5, 0.6) is 0 Å². The third kappa shape index (κ3) is 3.71. The van der Waals surface area contributed by atoms with Crippen molar-refractivity contribution in [3.63, 3.8) is 0 Å². The molecular formula is C6H13N3O3S. The van der Waals surface area contributed by atoms with E-state index in [1.54, 1.807) is 4.90 Å². The van der Waals surface area contributed by atoms with Gasteiger partial charge >= 0.3 is 0 Å². The van der Waals surface area contributed by atoms with E-state index in [1.807, 2.05) is 4.72 Å². The van der Waals surface area contributed by atoms with Gasteiger partial charge in [-0.25, -0.2) is 5.14 Å². The van der Waals surface area contributed by atoms with Gasteiger partial charge in [-0.15, -0.1) is 0 Å². The largest absolute Gasteiger partial charge is 0.342 e. The van der Waals surface area contributed by atoms with Gasteiger partial charge in [0.2, 0.25) is 5.91 Å². The fourth-order valence-corrected chi connectivity index (χ4v) is 1.57. The minimum absolute atomic E-state index is 0.216. The van der Waals surface area contributed by atoms with Crippen molar-refractivity contribution in [2.45, 2.75) is 12.8 Å². The SMILES string of the molecule is NS(=O)(=O)NCC(=O)N1CCCC1.